The molecule has 11 nitrogen and oxygen atoms in total. The van der Waals surface area contributed by atoms with Crippen LogP contribution in [0.25, 0.3) is 0 Å². The van der Waals surface area contributed by atoms with Crippen LogP contribution in [0, 0.1) is 0 Å². The standard InChI is InChI=1S/C20H28N6O5S/c1-20(2,3)19-21-22-23-26(19)14-18(27)24-7-9-25(10-8-24)32(28,29)15-5-6-16-17(13-15)31-12-4-11-30-16/h5-6,13H,4,7-12,14H2,1-3H3. The summed E-state index contributed by atoms with van der Waals surface area (Å²) in [6.45, 7) is 8.00. The number of tetrazole rings is 1. The van der Waals surface area contributed by atoms with Gasteiger partial charge in [-0.25, -0.2) is 13.1 Å². The van der Waals surface area contributed by atoms with E-state index in [1.165, 1.54) is 21.1 Å². The van der Waals surface area contributed by atoms with E-state index in [-0.39, 0.29) is 35.9 Å². The molecule has 3 heterocycles. The predicted octanol–water partition coefficient (Wildman–Crippen LogP) is 0.665. The lowest BCUT2D eigenvalue weighted by Gasteiger charge is -2.34. The third-order valence-corrected chi connectivity index (χ3v) is 7.33. The molecule has 1 aromatic heterocycles. The average Bonchev–Trinajstić information content (AvgIpc) is 3.10. The molecule has 1 aromatic carbocycles. The van der Waals surface area contributed by atoms with Gasteiger partial charge in [-0.2, -0.15) is 4.31 Å². The van der Waals surface area contributed by atoms with Crippen molar-refractivity contribution in [2.75, 3.05) is 39.4 Å². The van der Waals surface area contributed by atoms with Crippen molar-refractivity contribution in [3.63, 3.8) is 0 Å². The summed E-state index contributed by atoms with van der Waals surface area (Å²) in [5.74, 6) is 1.47. The topological polar surface area (TPSA) is 120 Å². The van der Waals surface area contributed by atoms with Gasteiger partial charge < -0.3 is 14.4 Å². The summed E-state index contributed by atoms with van der Waals surface area (Å²) in [7, 11) is -3.71. The highest BCUT2D eigenvalue weighted by atomic mass is 32.2. The molecule has 1 fully saturated rings. The first-order valence-corrected chi connectivity index (χ1v) is 12.0. The number of aromatic nitrogens is 4. The largest absolute Gasteiger partial charge is 0.490 e. The maximum atomic E-state index is 13.1. The van der Waals surface area contributed by atoms with Crippen molar-refractivity contribution in [1.82, 2.24) is 29.4 Å². The summed E-state index contributed by atoms with van der Waals surface area (Å²) in [5, 5.41) is 11.6. The number of hydrogen-bond acceptors (Lipinski definition) is 8. The summed E-state index contributed by atoms with van der Waals surface area (Å²) in [6, 6.07) is 4.68. The van der Waals surface area contributed by atoms with E-state index >= 15 is 0 Å². The number of piperazine rings is 1. The molecular formula is C20H28N6O5S. The van der Waals surface area contributed by atoms with E-state index in [2.05, 4.69) is 15.5 Å². The fourth-order valence-corrected chi connectivity index (χ4v) is 5.15. The molecule has 174 valence electrons. The van der Waals surface area contributed by atoms with E-state index in [4.69, 9.17) is 9.47 Å². The number of carbonyl (C=O) groups excluding carboxylic acids is 1. The van der Waals surface area contributed by atoms with Crippen LogP contribution in [0.5, 0.6) is 11.5 Å². The number of sulfonamides is 1. The third kappa shape index (κ3) is 4.56. The van der Waals surface area contributed by atoms with Crippen LogP contribution in [0.4, 0.5) is 0 Å². The van der Waals surface area contributed by atoms with Gasteiger partial charge in [-0.15, -0.1) is 5.10 Å². The lowest BCUT2D eigenvalue weighted by atomic mass is 9.96. The van der Waals surface area contributed by atoms with Crippen molar-refractivity contribution in [2.24, 2.45) is 0 Å². The van der Waals surface area contributed by atoms with E-state index in [1.807, 2.05) is 20.8 Å². The number of ether oxygens (including phenoxy) is 2. The van der Waals surface area contributed by atoms with Gasteiger partial charge in [0.25, 0.3) is 0 Å². The van der Waals surface area contributed by atoms with Crippen LogP contribution in [-0.4, -0.2) is 83.1 Å². The molecule has 0 unspecified atom stereocenters. The van der Waals surface area contributed by atoms with Crippen LogP contribution in [-0.2, 0) is 26.8 Å². The first-order chi connectivity index (χ1) is 15.2. The summed E-state index contributed by atoms with van der Waals surface area (Å²) in [5.41, 5.74) is -0.292. The van der Waals surface area contributed by atoms with Crippen molar-refractivity contribution in [2.45, 2.75) is 44.0 Å². The number of hydrogen-bond donors (Lipinski definition) is 0. The minimum Gasteiger partial charge on any atom is -0.490 e. The molecule has 1 saturated heterocycles. The van der Waals surface area contributed by atoms with Crippen LogP contribution in [0.2, 0.25) is 0 Å². The first kappa shape index (κ1) is 22.5. The molecule has 12 heteroatoms. The molecule has 32 heavy (non-hydrogen) atoms. The number of rotatable bonds is 4. The fraction of sp³-hybridized carbons (Fsp3) is 0.600. The van der Waals surface area contributed by atoms with E-state index in [0.717, 1.165) is 6.42 Å². The quantitative estimate of drug-likeness (QED) is 0.647. The van der Waals surface area contributed by atoms with Crippen molar-refractivity contribution in [1.29, 1.82) is 0 Å². The molecule has 4 rings (SSSR count). The van der Waals surface area contributed by atoms with E-state index in [9.17, 15) is 13.2 Å². The van der Waals surface area contributed by atoms with Gasteiger partial charge in [0, 0.05) is 44.1 Å². The number of amides is 1. The van der Waals surface area contributed by atoms with Crippen LogP contribution < -0.4 is 9.47 Å². The zero-order chi connectivity index (χ0) is 22.9. The predicted molar refractivity (Wildman–Crippen MR) is 114 cm³/mol. The minimum atomic E-state index is -3.71. The average molecular weight is 465 g/mol. The molecule has 0 aliphatic carbocycles. The number of carbonyl (C=O) groups is 1. The highest BCUT2D eigenvalue weighted by Gasteiger charge is 2.32. The number of benzene rings is 1. The smallest absolute Gasteiger partial charge is 0.244 e. The molecule has 1 amide bonds. The van der Waals surface area contributed by atoms with Gasteiger partial charge in [0.05, 0.1) is 18.1 Å². The van der Waals surface area contributed by atoms with Gasteiger partial charge in [-0.05, 0) is 22.6 Å². The van der Waals surface area contributed by atoms with Gasteiger partial charge in [0.15, 0.2) is 17.3 Å². The van der Waals surface area contributed by atoms with E-state index in [1.54, 1.807) is 11.0 Å². The van der Waals surface area contributed by atoms with Crippen molar-refractivity contribution >= 4 is 15.9 Å². The summed E-state index contributed by atoms with van der Waals surface area (Å²) in [4.78, 5) is 14.6. The fourth-order valence-electron chi connectivity index (χ4n) is 3.71. The number of fused-ring (bicyclic) bond motifs is 1. The highest BCUT2D eigenvalue weighted by molar-refractivity contribution is 7.89. The monoisotopic (exact) mass is 464 g/mol. The Hall–Kier alpha value is -2.73. The maximum absolute atomic E-state index is 13.1. The van der Waals surface area contributed by atoms with Gasteiger partial charge in [-0.3, -0.25) is 4.79 Å². The van der Waals surface area contributed by atoms with Gasteiger partial charge >= 0.3 is 0 Å². The molecule has 0 spiro atoms. The Morgan fingerprint density at radius 1 is 1.06 bits per heavy atom. The zero-order valence-electron chi connectivity index (χ0n) is 18.5. The van der Waals surface area contributed by atoms with Crippen molar-refractivity contribution < 1.29 is 22.7 Å². The molecule has 0 radical (unpaired) electrons. The van der Waals surface area contributed by atoms with E-state index < -0.39 is 10.0 Å². The second kappa shape index (κ2) is 8.66. The summed E-state index contributed by atoms with van der Waals surface area (Å²) >= 11 is 0. The Morgan fingerprint density at radius 2 is 1.75 bits per heavy atom. The lowest BCUT2D eigenvalue weighted by Crippen LogP contribution is -2.51. The second-order valence-electron chi connectivity index (χ2n) is 8.85. The molecule has 2 aromatic rings. The molecule has 2 aliphatic heterocycles. The van der Waals surface area contributed by atoms with Crippen molar-refractivity contribution in [3.8, 4) is 11.5 Å². The van der Waals surface area contributed by atoms with Gasteiger partial charge in [0.1, 0.15) is 6.54 Å². The van der Waals surface area contributed by atoms with Gasteiger partial charge in [0.2, 0.25) is 15.9 Å². The van der Waals surface area contributed by atoms with Gasteiger partial charge in [-0.1, -0.05) is 20.8 Å². The Balaban J connectivity index is 1.40. The SMILES string of the molecule is CC(C)(C)c1nnnn1CC(=O)N1CCN(S(=O)(=O)c2ccc3c(c2)OCCCO3)CC1. The zero-order valence-corrected chi connectivity index (χ0v) is 19.3. The number of nitrogens with zero attached hydrogens (tertiary/aromatic N) is 6. The van der Waals surface area contributed by atoms with Crippen molar-refractivity contribution in [3.05, 3.63) is 24.0 Å². The normalized spacial score (nSPS) is 17.8. The molecule has 0 saturated carbocycles. The van der Waals surface area contributed by atoms with Crippen LogP contribution in [0.15, 0.2) is 23.1 Å². The molecule has 2 aliphatic rings. The Kier molecular flexibility index (Phi) is 6.08. The Morgan fingerprint density at radius 3 is 2.44 bits per heavy atom. The maximum Gasteiger partial charge on any atom is 0.244 e. The first-order valence-electron chi connectivity index (χ1n) is 10.6. The van der Waals surface area contributed by atoms with E-state index in [0.29, 0.717) is 43.6 Å². The summed E-state index contributed by atoms with van der Waals surface area (Å²) < 4.78 is 40.4. The lowest BCUT2D eigenvalue weighted by molar-refractivity contribution is -0.133. The van der Waals surface area contributed by atoms with Crippen LogP contribution >= 0.6 is 0 Å². The van der Waals surface area contributed by atoms with Crippen LogP contribution in [0.3, 0.4) is 0 Å². The molecular weight excluding hydrogens is 436 g/mol. The Bertz CT molecular complexity index is 1090. The third-order valence-electron chi connectivity index (χ3n) is 5.44. The Labute approximate surface area is 187 Å². The molecule has 0 atom stereocenters. The highest BCUT2D eigenvalue weighted by Crippen LogP contribution is 2.33. The minimum absolute atomic E-state index is 0.0223. The second-order valence-corrected chi connectivity index (χ2v) is 10.8. The molecule has 0 bridgehead atoms. The summed E-state index contributed by atoms with van der Waals surface area (Å²) in [6.07, 6.45) is 0.745. The molecule has 0 N–H and O–H groups in total. The van der Waals surface area contributed by atoms with Crippen LogP contribution in [0.1, 0.15) is 33.0 Å².